The first-order valence-corrected chi connectivity index (χ1v) is 7.63. The van der Waals surface area contributed by atoms with Crippen molar-refractivity contribution in [2.75, 3.05) is 6.54 Å². The Hall–Kier alpha value is -1.17. The number of aryl methyl sites for hydroxylation is 2. The maximum absolute atomic E-state index is 5.76. The summed E-state index contributed by atoms with van der Waals surface area (Å²) in [6, 6.07) is 4.19. The van der Waals surface area contributed by atoms with E-state index in [0.29, 0.717) is 6.54 Å². The third-order valence-corrected chi connectivity index (χ3v) is 5.10. The molecule has 0 saturated heterocycles. The molecular formula is C13H15N3S2. The second-order valence-electron chi connectivity index (χ2n) is 4.28. The van der Waals surface area contributed by atoms with Crippen molar-refractivity contribution in [3.8, 4) is 10.6 Å². The van der Waals surface area contributed by atoms with Crippen molar-refractivity contribution in [1.29, 1.82) is 0 Å². The Morgan fingerprint density at radius 3 is 2.89 bits per heavy atom. The smallest absolute Gasteiger partial charge is 0.194 e. The van der Waals surface area contributed by atoms with Crippen molar-refractivity contribution in [1.82, 2.24) is 9.38 Å². The van der Waals surface area contributed by atoms with Crippen LogP contribution in [0.3, 0.4) is 0 Å². The number of nitrogens with two attached hydrogens (primary N) is 1. The molecule has 3 aromatic heterocycles. The van der Waals surface area contributed by atoms with Gasteiger partial charge in [-0.05, 0) is 31.8 Å². The fourth-order valence-corrected chi connectivity index (χ4v) is 3.92. The van der Waals surface area contributed by atoms with Crippen LogP contribution in [0.2, 0.25) is 0 Å². The van der Waals surface area contributed by atoms with Crippen LogP contribution in [0.25, 0.3) is 15.5 Å². The average molecular weight is 277 g/mol. The zero-order valence-electron chi connectivity index (χ0n) is 10.4. The van der Waals surface area contributed by atoms with Crippen molar-refractivity contribution in [3.63, 3.8) is 0 Å². The number of fused-ring (bicyclic) bond motifs is 1. The molecule has 0 atom stereocenters. The molecular weight excluding hydrogens is 262 g/mol. The van der Waals surface area contributed by atoms with Gasteiger partial charge < -0.3 is 5.73 Å². The van der Waals surface area contributed by atoms with Crippen LogP contribution < -0.4 is 5.73 Å². The van der Waals surface area contributed by atoms with Gasteiger partial charge in [0.2, 0.25) is 0 Å². The molecule has 3 nitrogen and oxygen atoms in total. The van der Waals surface area contributed by atoms with Crippen LogP contribution in [0.5, 0.6) is 0 Å². The van der Waals surface area contributed by atoms with Gasteiger partial charge >= 0.3 is 0 Å². The molecule has 0 radical (unpaired) electrons. The molecule has 0 aromatic carbocycles. The molecule has 0 aliphatic heterocycles. The minimum atomic E-state index is 0.653. The summed E-state index contributed by atoms with van der Waals surface area (Å²) in [7, 11) is 0. The minimum absolute atomic E-state index is 0.653. The maximum atomic E-state index is 5.76. The molecule has 94 valence electrons. The maximum Gasteiger partial charge on any atom is 0.194 e. The van der Waals surface area contributed by atoms with Crippen molar-refractivity contribution in [2.24, 2.45) is 5.73 Å². The normalized spacial score (nSPS) is 11.5. The van der Waals surface area contributed by atoms with E-state index in [1.54, 1.807) is 22.7 Å². The lowest BCUT2D eigenvalue weighted by molar-refractivity contribution is 0.896. The van der Waals surface area contributed by atoms with E-state index < -0.39 is 0 Å². The Morgan fingerprint density at radius 2 is 2.22 bits per heavy atom. The van der Waals surface area contributed by atoms with E-state index in [-0.39, 0.29) is 0 Å². The molecule has 0 spiro atoms. The highest BCUT2D eigenvalue weighted by Crippen LogP contribution is 2.32. The van der Waals surface area contributed by atoms with Gasteiger partial charge in [-0.2, -0.15) is 0 Å². The van der Waals surface area contributed by atoms with Crippen LogP contribution in [0.1, 0.15) is 16.3 Å². The first kappa shape index (κ1) is 11.9. The van der Waals surface area contributed by atoms with Crippen molar-refractivity contribution >= 4 is 27.6 Å². The van der Waals surface area contributed by atoms with Crippen molar-refractivity contribution < 1.29 is 0 Å². The Labute approximate surface area is 114 Å². The predicted octanol–water partition coefficient (Wildman–Crippen LogP) is 3.24. The van der Waals surface area contributed by atoms with Crippen LogP contribution >= 0.6 is 22.7 Å². The van der Waals surface area contributed by atoms with Gasteiger partial charge in [0.1, 0.15) is 5.69 Å². The van der Waals surface area contributed by atoms with Gasteiger partial charge in [0.25, 0.3) is 0 Å². The van der Waals surface area contributed by atoms with Crippen LogP contribution in [-0.2, 0) is 6.42 Å². The van der Waals surface area contributed by atoms with Crippen molar-refractivity contribution in [2.45, 2.75) is 20.3 Å². The Kier molecular flexibility index (Phi) is 2.97. The molecule has 0 saturated carbocycles. The number of thiazole rings is 1. The fourth-order valence-electron chi connectivity index (χ4n) is 2.19. The van der Waals surface area contributed by atoms with Crippen LogP contribution in [-0.4, -0.2) is 15.9 Å². The summed E-state index contributed by atoms with van der Waals surface area (Å²) >= 11 is 3.49. The number of imidazole rings is 1. The number of aromatic nitrogens is 2. The molecule has 0 aliphatic carbocycles. The van der Waals surface area contributed by atoms with Gasteiger partial charge in [0.05, 0.1) is 10.6 Å². The zero-order chi connectivity index (χ0) is 12.7. The third kappa shape index (κ3) is 1.70. The first-order chi connectivity index (χ1) is 8.72. The largest absolute Gasteiger partial charge is 0.330 e. The monoisotopic (exact) mass is 277 g/mol. The quantitative estimate of drug-likeness (QED) is 0.798. The number of rotatable bonds is 3. The highest BCUT2D eigenvalue weighted by atomic mass is 32.1. The molecule has 18 heavy (non-hydrogen) atoms. The van der Waals surface area contributed by atoms with E-state index in [9.17, 15) is 0 Å². The Bertz CT molecular complexity index is 677. The molecule has 0 amide bonds. The van der Waals surface area contributed by atoms with E-state index in [2.05, 4.69) is 35.8 Å². The number of nitrogens with zero attached hydrogens (tertiary/aromatic N) is 2. The van der Waals surface area contributed by atoms with Gasteiger partial charge in [-0.1, -0.05) is 6.07 Å². The topological polar surface area (TPSA) is 43.3 Å². The summed E-state index contributed by atoms with van der Waals surface area (Å²) in [6.45, 7) is 4.95. The van der Waals surface area contributed by atoms with Crippen LogP contribution in [0.15, 0.2) is 17.5 Å². The summed E-state index contributed by atoms with van der Waals surface area (Å²) in [4.78, 5) is 8.43. The van der Waals surface area contributed by atoms with E-state index >= 15 is 0 Å². The van der Waals surface area contributed by atoms with E-state index in [0.717, 1.165) is 17.1 Å². The lowest BCUT2D eigenvalue weighted by atomic mass is 10.2. The van der Waals surface area contributed by atoms with Gasteiger partial charge in [0, 0.05) is 17.0 Å². The van der Waals surface area contributed by atoms with Gasteiger partial charge in [-0.25, -0.2) is 4.98 Å². The molecule has 3 aromatic rings. The molecule has 3 rings (SSSR count). The second kappa shape index (κ2) is 4.50. The molecule has 0 unspecified atom stereocenters. The molecule has 2 N–H and O–H groups in total. The first-order valence-electron chi connectivity index (χ1n) is 5.93. The molecule has 0 bridgehead atoms. The van der Waals surface area contributed by atoms with Crippen molar-refractivity contribution in [3.05, 3.63) is 33.8 Å². The lowest BCUT2D eigenvalue weighted by Gasteiger charge is -2.03. The fraction of sp³-hybridized carbons (Fsp3) is 0.308. The molecule has 0 aliphatic rings. The summed E-state index contributed by atoms with van der Waals surface area (Å²) in [5.74, 6) is 0. The predicted molar refractivity (Wildman–Crippen MR) is 78.6 cm³/mol. The SMILES string of the molecule is Cc1sc2nc(-c3cccs3)c(CCN)n2c1C. The lowest BCUT2D eigenvalue weighted by Crippen LogP contribution is -2.06. The highest BCUT2D eigenvalue weighted by molar-refractivity contribution is 7.17. The molecule has 3 heterocycles. The average Bonchev–Trinajstić information content (AvgIpc) is 3.01. The highest BCUT2D eigenvalue weighted by Gasteiger charge is 2.18. The number of hydrogen-bond donors (Lipinski definition) is 1. The minimum Gasteiger partial charge on any atom is -0.330 e. The Morgan fingerprint density at radius 1 is 1.39 bits per heavy atom. The summed E-state index contributed by atoms with van der Waals surface area (Å²) in [5, 5.41) is 2.09. The van der Waals surface area contributed by atoms with Gasteiger partial charge in [-0.3, -0.25) is 4.40 Å². The Balaban J connectivity index is 2.29. The molecule has 5 heteroatoms. The number of thiophene rings is 1. The van der Waals surface area contributed by atoms with Crippen LogP contribution in [0, 0.1) is 13.8 Å². The number of hydrogen-bond acceptors (Lipinski definition) is 4. The van der Waals surface area contributed by atoms with Gasteiger partial charge in [-0.15, -0.1) is 22.7 Å². The van der Waals surface area contributed by atoms with E-state index in [1.807, 2.05) is 0 Å². The van der Waals surface area contributed by atoms with Crippen LogP contribution in [0.4, 0.5) is 0 Å². The summed E-state index contributed by atoms with van der Waals surface area (Å²) < 4.78 is 2.27. The zero-order valence-corrected chi connectivity index (χ0v) is 12.1. The van der Waals surface area contributed by atoms with E-state index in [4.69, 9.17) is 10.7 Å². The van der Waals surface area contributed by atoms with Gasteiger partial charge in [0.15, 0.2) is 4.96 Å². The molecule has 0 fully saturated rings. The summed E-state index contributed by atoms with van der Waals surface area (Å²) in [5.41, 5.74) is 9.39. The summed E-state index contributed by atoms with van der Waals surface area (Å²) in [6.07, 6.45) is 0.866. The second-order valence-corrected chi connectivity index (χ2v) is 6.41. The van der Waals surface area contributed by atoms with E-state index in [1.165, 1.54) is 21.1 Å². The third-order valence-electron chi connectivity index (χ3n) is 3.17. The standard InChI is InChI=1S/C13H15N3S2/c1-8-9(2)18-13-15-12(11-4-3-7-17-11)10(5-6-14)16(8)13/h3-4,7H,5-6,14H2,1-2H3.